The summed E-state index contributed by atoms with van der Waals surface area (Å²) in [6.45, 7) is 6.42. The van der Waals surface area contributed by atoms with E-state index in [1.165, 1.54) is 5.56 Å². The van der Waals surface area contributed by atoms with Crippen molar-refractivity contribution in [3.05, 3.63) is 53.6 Å². The van der Waals surface area contributed by atoms with Crippen LogP contribution in [0.2, 0.25) is 0 Å². The van der Waals surface area contributed by atoms with Gasteiger partial charge in [-0.05, 0) is 35.2 Å². The van der Waals surface area contributed by atoms with Crippen molar-refractivity contribution in [2.45, 2.75) is 26.2 Å². The van der Waals surface area contributed by atoms with Crippen LogP contribution in [0.1, 0.15) is 36.7 Å². The molecular formula is C18H22N2O2. The largest absolute Gasteiger partial charge is 0.497 e. The Balaban J connectivity index is 2.15. The molecule has 0 aliphatic heterocycles. The molecule has 0 radical (unpaired) electrons. The number of anilines is 2. The topological polar surface area (TPSA) is 64.3 Å². The van der Waals surface area contributed by atoms with E-state index in [9.17, 15) is 4.79 Å². The summed E-state index contributed by atoms with van der Waals surface area (Å²) >= 11 is 0. The molecule has 4 nitrogen and oxygen atoms in total. The van der Waals surface area contributed by atoms with Crippen molar-refractivity contribution in [1.29, 1.82) is 0 Å². The molecule has 116 valence electrons. The maximum atomic E-state index is 12.3. The van der Waals surface area contributed by atoms with Crippen LogP contribution in [0.5, 0.6) is 5.75 Å². The fourth-order valence-electron chi connectivity index (χ4n) is 2.10. The Hall–Kier alpha value is -2.49. The zero-order chi connectivity index (χ0) is 16.3. The number of nitrogens with two attached hydrogens (primary N) is 1. The van der Waals surface area contributed by atoms with Crippen molar-refractivity contribution in [3.63, 3.8) is 0 Å². The fraction of sp³-hybridized carbons (Fsp3) is 0.278. The second-order valence-corrected chi connectivity index (χ2v) is 6.23. The number of amides is 1. The SMILES string of the molecule is COc1ccc(NC(=O)c2ccc(C(C)(C)C)cc2)c(N)c1. The molecule has 0 unspecified atom stereocenters. The van der Waals surface area contributed by atoms with Crippen molar-refractivity contribution in [1.82, 2.24) is 0 Å². The van der Waals surface area contributed by atoms with E-state index >= 15 is 0 Å². The van der Waals surface area contributed by atoms with E-state index in [0.29, 0.717) is 22.7 Å². The molecule has 0 aliphatic carbocycles. The lowest BCUT2D eigenvalue weighted by atomic mass is 9.87. The fourth-order valence-corrected chi connectivity index (χ4v) is 2.10. The van der Waals surface area contributed by atoms with E-state index in [-0.39, 0.29) is 11.3 Å². The zero-order valence-corrected chi connectivity index (χ0v) is 13.4. The van der Waals surface area contributed by atoms with Crippen molar-refractivity contribution < 1.29 is 9.53 Å². The highest BCUT2D eigenvalue weighted by molar-refractivity contribution is 6.05. The second kappa shape index (κ2) is 6.10. The Labute approximate surface area is 131 Å². The van der Waals surface area contributed by atoms with E-state index in [4.69, 9.17) is 10.5 Å². The van der Waals surface area contributed by atoms with Crippen LogP contribution in [0.25, 0.3) is 0 Å². The van der Waals surface area contributed by atoms with Gasteiger partial charge < -0.3 is 15.8 Å². The summed E-state index contributed by atoms with van der Waals surface area (Å²) in [7, 11) is 1.57. The number of carbonyl (C=O) groups is 1. The molecule has 0 atom stereocenters. The molecule has 0 saturated heterocycles. The highest BCUT2D eigenvalue weighted by Gasteiger charge is 2.14. The monoisotopic (exact) mass is 298 g/mol. The van der Waals surface area contributed by atoms with Gasteiger partial charge in [0.25, 0.3) is 5.91 Å². The van der Waals surface area contributed by atoms with Crippen LogP contribution < -0.4 is 15.8 Å². The summed E-state index contributed by atoms with van der Waals surface area (Å²) in [5, 5.41) is 2.82. The number of hydrogen-bond acceptors (Lipinski definition) is 3. The van der Waals surface area contributed by atoms with E-state index in [1.807, 2.05) is 24.3 Å². The molecule has 0 aliphatic rings. The summed E-state index contributed by atoms with van der Waals surface area (Å²) in [4.78, 5) is 12.3. The van der Waals surface area contributed by atoms with E-state index in [0.717, 1.165) is 0 Å². The van der Waals surface area contributed by atoms with Gasteiger partial charge in [0, 0.05) is 11.6 Å². The number of rotatable bonds is 3. The highest BCUT2D eigenvalue weighted by Crippen LogP contribution is 2.25. The molecule has 0 bridgehead atoms. The van der Waals surface area contributed by atoms with Gasteiger partial charge in [0.05, 0.1) is 18.5 Å². The summed E-state index contributed by atoms with van der Waals surface area (Å²) in [5.74, 6) is 0.474. The zero-order valence-electron chi connectivity index (χ0n) is 13.4. The molecule has 0 spiro atoms. The Bertz CT molecular complexity index is 670. The molecule has 22 heavy (non-hydrogen) atoms. The average molecular weight is 298 g/mol. The predicted octanol–water partition coefficient (Wildman–Crippen LogP) is 3.83. The third kappa shape index (κ3) is 3.58. The Kier molecular flexibility index (Phi) is 4.40. The normalized spacial score (nSPS) is 11.1. The van der Waals surface area contributed by atoms with Gasteiger partial charge in [0.1, 0.15) is 5.75 Å². The molecule has 3 N–H and O–H groups in total. The van der Waals surface area contributed by atoms with Gasteiger partial charge in [-0.3, -0.25) is 4.79 Å². The van der Waals surface area contributed by atoms with Gasteiger partial charge >= 0.3 is 0 Å². The van der Waals surface area contributed by atoms with Crippen molar-refractivity contribution in [3.8, 4) is 5.75 Å². The molecule has 2 aromatic carbocycles. The lowest BCUT2D eigenvalue weighted by Gasteiger charge is -2.19. The number of hydrogen-bond donors (Lipinski definition) is 2. The van der Waals surface area contributed by atoms with Crippen molar-refractivity contribution >= 4 is 17.3 Å². The van der Waals surface area contributed by atoms with Crippen LogP contribution in [0.4, 0.5) is 11.4 Å². The minimum atomic E-state index is -0.183. The van der Waals surface area contributed by atoms with Crippen molar-refractivity contribution in [2.75, 3.05) is 18.2 Å². The maximum Gasteiger partial charge on any atom is 0.255 e. The summed E-state index contributed by atoms with van der Waals surface area (Å²) < 4.78 is 5.09. The molecule has 0 fully saturated rings. The minimum absolute atomic E-state index is 0.0649. The van der Waals surface area contributed by atoms with Gasteiger partial charge in [-0.2, -0.15) is 0 Å². The lowest BCUT2D eigenvalue weighted by Crippen LogP contribution is -2.15. The highest BCUT2D eigenvalue weighted by atomic mass is 16.5. The predicted molar refractivity (Wildman–Crippen MR) is 90.5 cm³/mol. The van der Waals surface area contributed by atoms with Crippen LogP contribution in [-0.4, -0.2) is 13.0 Å². The second-order valence-electron chi connectivity index (χ2n) is 6.23. The minimum Gasteiger partial charge on any atom is -0.497 e. The smallest absolute Gasteiger partial charge is 0.255 e. The quantitative estimate of drug-likeness (QED) is 0.846. The molecule has 2 rings (SSSR count). The number of benzene rings is 2. The number of nitrogen functional groups attached to an aromatic ring is 1. The van der Waals surface area contributed by atoms with E-state index < -0.39 is 0 Å². The van der Waals surface area contributed by atoms with Crippen LogP contribution in [0.15, 0.2) is 42.5 Å². The van der Waals surface area contributed by atoms with E-state index in [2.05, 4.69) is 26.1 Å². The molecule has 1 amide bonds. The maximum absolute atomic E-state index is 12.3. The molecule has 4 heteroatoms. The Morgan fingerprint density at radius 2 is 1.73 bits per heavy atom. The van der Waals surface area contributed by atoms with Crippen LogP contribution in [-0.2, 0) is 5.41 Å². The summed E-state index contributed by atoms with van der Waals surface area (Å²) in [6, 6.07) is 12.8. The Morgan fingerprint density at radius 1 is 1.09 bits per heavy atom. The van der Waals surface area contributed by atoms with E-state index in [1.54, 1.807) is 25.3 Å². The van der Waals surface area contributed by atoms with Crippen LogP contribution >= 0.6 is 0 Å². The number of nitrogens with one attached hydrogen (secondary N) is 1. The first-order valence-corrected chi connectivity index (χ1v) is 7.16. The first kappa shape index (κ1) is 15.9. The number of ether oxygens (including phenoxy) is 1. The third-order valence-electron chi connectivity index (χ3n) is 3.52. The van der Waals surface area contributed by atoms with Gasteiger partial charge in [-0.25, -0.2) is 0 Å². The molecular weight excluding hydrogens is 276 g/mol. The van der Waals surface area contributed by atoms with Gasteiger partial charge in [-0.1, -0.05) is 32.9 Å². The van der Waals surface area contributed by atoms with Gasteiger partial charge in [-0.15, -0.1) is 0 Å². The lowest BCUT2D eigenvalue weighted by molar-refractivity contribution is 0.102. The average Bonchev–Trinajstić information content (AvgIpc) is 2.48. The number of methoxy groups -OCH3 is 1. The molecule has 2 aromatic rings. The van der Waals surface area contributed by atoms with Crippen LogP contribution in [0, 0.1) is 0 Å². The van der Waals surface area contributed by atoms with Gasteiger partial charge in [0.15, 0.2) is 0 Å². The molecule has 0 heterocycles. The standard InChI is InChI=1S/C18H22N2O2/c1-18(2,3)13-7-5-12(6-8-13)17(21)20-16-10-9-14(22-4)11-15(16)19/h5-11H,19H2,1-4H3,(H,20,21). The van der Waals surface area contributed by atoms with Gasteiger partial charge in [0.2, 0.25) is 0 Å². The van der Waals surface area contributed by atoms with Crippen molar-refractivity contribution in [2.24, 2.45) is 0 Å². The summed E-state index contributed by atoms with van der Waals surface area (Å²) in [6.07, 6.45) is 0. The first-order valence-electron chi connectivity index (χ1n) is 7.16. The summed E-state index contributed by atoms with van der Waals surface area (Å²) in [5.41, 5.74) is 8.81. The number of carbonyl (C=O) groups excluding carboxylic acids is 1. The van der Waals surface area contributed by atoms with Crippen LogP contribution in [0.3, 0.4) is 0 Å². The molecule has 0 saturated carbocycles. The third-order valence-corrected chi connectivity index (χ3v) is 3.52. The first-order chi connectivity index (χ1) is 10.3. The molecule has 0 aromatic heterocycles. The Morgan fingerprint density at radius 3 is 2.23 bits per heavy atom.